The summed E-state index contributed by atoms with van der Waals surface area (Å²) in [6, 6.07) is 20.4. The summed E-state index contributed by atoms with van der Waals surface area (Å²) >= 11 is 6.03. The van der Waals surface area contributed by atoms with E-state index in [0.717, 1.165) is 16.3 Å². The molecule has 0 aliphatic heterocycles. The molecule has 0 bridgehead atoms. The van der Waals surface area contributed by atoms with Crippen LogP contribution in [-0.4, -0.2) is 11.8 Å². The first-order chi connectivity index (χ1) is 11.6. The Labute approximate surface area is 144 Å². The molecule has 0 unspecified atom stereocenters. The maximum atomic E-state index is 12.1. The highest BCUT2D eigenvalue weighted by Gasteiger charge is 2.15. The van der Waals surface area contributed by atoms with Gasteiger partial charge in [0.15, 0.2) is 0 Å². The lowest BCUT2D eigenvalue weighted by atomic mass is 10.1. The molecule has 2 amide bonds. The van der Waals surface area contributed by atoms with Crippen molar-refractivity contribution in [2.45, 2.75) is 6.54 Å². The van der Waals surface area contributed by atoms with E-state index in [0.29, 0.717) is 10.7 Å². The largest absolute Gasteiger partial charge is 0.344 e. The fraction of sp³-hybridized carbons (Fsp3) is 0.0526. The molecule has 0 aliphatic rings. The van der Waals surface area contributed by atoms with Crippen molar-refractivity contribution in [2.24, 2.45) is 0 Å². The maximum absolute atomic E-state index is 12.1. The predicted molar refractivity (Wildman–Crippen MR) is 95.9 cm³/mol. The zero-order chi connectivity index (χ0) is 16.9. The monoisotopic (exact) mass is 338 g/mol. The topological polar surface area (TPSA) is 58.2 Å². The van der Waals surface area contributed by atoms with Gasteiger partial charge in [0.1, 0.15) is 0 Å². The van der Waals surface area contributed by atoms with Crippen molar-refractivity contribution in [3.8, 4) is 0 Å². The molecule has 0 aliphatic carbocycles. The molecule has 120 valence electrons. The SMILES string of the molecule is O=C(NCc1ccccc1Cl)C(=O)Nc1cccc2ccccc12. The molecule has 0 fully saturated rings. The number of hydrogen-bond donors (Lipinski definition) is 2. The molecule has 0 heterocycles. The van der Waals surface area contributed by atoms with Crippen molar-refractivity contribution < 1.29 is 9.59 Å². The summed E-state index contributed by atoms with van der Waals surface area (Å²) < 4.78 is 0. The molecule has 0 saturated heterocycles. The van der Waals surface area contributed by atoms with Gasteiger partial charge < -0.3 is 10.6 Å². The lowest BCUT2D eigenvalue weighted by Gasteiger charge is -2.09. The van der Waals surface area contributed by atoms with Crippen LogP contribution in [0.2, 0.25) is 5.02 Å². The van der Waals surface area contributed by atoms with Crippen LogP contribution in [0, 0.1) is 0 Å². The van der Waals surface area contributed by atoms with Gasteiger partial charge in [-0.25, -0.2) is 0 Å². The molecule has 0 spiro atoms. The second-order valence-electron chi connectivity index (χ2n) is 5.25. The number of benzene rings is 3. The van der Waals surface area contributed by atoms with E-state index < -0.39 is 11.8 Å². The molecule has 0 aromatic heterocycles. The third-order valence-electron chi connectivity index (χ3n) is 3.64. The van der Waals surface area contributed by atoms with Crippen LogP contribution in [0.15, 0.2) is 66.7 Å². The predicted octanol–water partition coefficient (Wildman–Crippen LogP) is 3.75. The number of carbonyl (C=O) groups excluding carboxylic acids is 2. The summed E-state index contributed by atoms with van der Waals surface area (Å²) in [5.74, 6) is -1.42. The van der Waals surface area contributed by atoms with E-state index in [4.69, 9.17) is 11.6 Å². The smallest absolute Gasteiger partial charge is 0.313 e. The summed E-state index contributed by atoms with van der Waals surface area (Å²) in [7, 11) is 0. The summed E-state index contributed by atoms with van der Waals surface area (Å²) in [6.07, 6.45) is 0. The van der Waals surface area contributed by atoms with Gasteiger partial charge in [0.2, 0.25) is 0 Å². The molecule has 0 radical (unpaired) electrons. The zero-order valence-electron chi connectivity index (χ0n) is 12.8. The van der Waals surface area contributed by atoms with Crippen LogP contribution < -0.4 is 10.6 Å². The van der Waals surface area contributed by atoms with Crippen LogP contribution in [0.3, 0.4) is 0 Å². The van der Waals surface area contributed by atoms with Crippen LogP contribution in [0.25, 0.3) is 10.8 Å². The van der Waals surface area contributed by atoms with Gasteiger partial charge in [0.05, 0.1) is 0 Å². The van der Waals surface area contributed by atoms with Crippen molar-refractivity contribution in [1.29, 1.82) is 0 Å². The molecule has 3 rings (SSSR count). The second kappa shape index (κ2) is 7.15. The molecule has 3 aromatic carbocycles. The van der Waals surface area contributed by atoms with Crippen LogP contribution in [0.4, 0.5) is 5.69 Å². The maximum Gasteiger partial charge on any atom is 0.313 e. The van der Waals surface area contributed by atoms with Gasteiger partial charge in [0, 0.05) is 22.6 Å². The molecule has 2 N–H and O–H groups in total. The van der Waals surface area contributed by atoms with Gasteiger partial charge in [-0.1, -0.05) is 66.2 Å². The van der Waals surface area contributed by atoms with Gasteiger partial charge in [-0.2, -0.15) is 0 Å². The van der Waals surface area contributed by atoms with Crippen LogP contribution >= 0.6 is 11.6 Å². The van der Waals surface area contributed by atoms with E-state index in [2.05, 4.69) is 10.6 Å². The molecule has 24 heavy (non-hydrogen) atoms. The van der Waals surface area contributed by atoms with E-state index >= 15 is 0 Å². The van der Waals surface area contributed by atoms with Crippen LogP contribution in [0.1, 0.15) is 5.56 Å². The minimum atomic E-state index is -0.710. The van der Waals surface area contributed by atoms with E-state index in [1.54, 1.807) is 24.3 Å². The lowest BCUT2D eigenvalue weighted by molar-refractivity contribution is -0.136. The highest BCUT2D eigenvalue weighted by Crippen LogP contribution is 2.22. The van der Waals surface area contributed by atoms with Gasteiger partial charge in [-0.15, -0.1) is 0 Å². The Bertz CT molecular complexity index is 903. The summed E-state index contributed by atoms with van der Waals surface area (Å²) in [5, 5.41) is 7.65. The van der Waals surface area contributed by atoms with Crippen molar-refractivity contribution >= 4 is 39.9 Å². The van der Waals surface area contributed by atoms with E-state index in [9.17, 15) is 9.59 Å². The molecular formula is C19H15ClN2O2. The fourth-order valence-electron chi connectivity index (χ4n) is 2.41. The lowest BCUT2D eigenvalue weighted by Crippen LogP contribution is -2.35. The highest BCUT2D eigenvalue weighted by molar-refractivity contribution is 6.40. The molecule has 0 saturated carbocycles. The standard InChI is InChI=1S/C19H15ClN2O2/c20-16-10-4-2-7-14(16)12-21-18(23)19(24)22-17-11-5-8-13-6-1-3-9-15(13)17/h1-11H,12H2,(H,21,23)(H,22,24). The van der Waals surface area contributed by atoms with Gasteiger partial charge in [0.25, 0.3) is 0 Å². The summed E-state index contributed by atoms with van der Waals surface area (Å²) in [5.41, 5.74) is 1.36. The van der Waals surface area contributed by atoms with E-state index in [1.807, 2.05) is 42.5 Å². The normalized spacial score (nSPS) is 10.4. The molecular weight excluding hydrogens is 324 g/mol. The second-order valence-corrected chi connectivity index (χ2v) is 5.66. The summed E-state index contributed by atoms with van der Waals surface area (Å²) in [4.78, 5) is 24.1. The Hall–Kier alpha value is -2.85. The van der Waals surface area contributed by atoms with Crippen molar-refractivity contribution in [3.63, 3.8) is 0 Å². The summed E-state index contributed by atoms with van der Waals surface area (Å²) in [6.45, 7) is 0.196. The number of nitrogens with one attached hydrogen (secondary N) is 2. The third kappa shape index (κ3) is 3.55. The average molecular weight is 339 g/mol. The Morgan fingerprint density at radius 1 is 0.833 bits per heavy atom. The Balaban J connectivity index is 1.68. The highest BCUT2D eigenvalue weighted by atomic mass is 35.5. The van der Waals surface area contributed by atoms with Crippen molar-refractivity contribution in [3.05, 3.63) is 77.3 Å². The molecule has 0 atom stereocenters. The number of anilines is 1. The Morgan fingerprint density at radius 2 is 1.54 bits per heavy atom. The van der Waals surface area contributed by atoms with Gasteiger partial charge in [-0.05, 0) is 23.1 Å². The first-order valence-electron chi connectivity index (χ1n) is 7.45. The Morgan fingerprint density at radius 3 is 2.38 bits per heavy atom. The van der Waals surface area contributed by atoms with Crippen molar-refractivity contribution in [2.75, 3.05) is 5.32 Å². The molecule has 3 aromatic rings. The molecule has 4 nitrogen and oxygen atoms in total. The van der Waals surface area contributed by atoms with Gasteiger partial charge >= 0.3 is 11.8 Å². The average Bonchev–Trinajstić information content (AvgIpc) is 2.61. The number of halogens is 1. The number of hydrogen-bond acceptors (Lipinski definition) is 2. The van der Waals surface area contributed by atoms with Crippen LogP contribution in [-0.2, 0) is 16.1 Å². The number of rotatable bonds is 3. The van der Waals surface area contributed by atoms with Gasteiger partial charge in [-0.3, -0.25) is 9.59 Å². The van der Waals surface area contributed by atoms with E-state index in [1.165, 1.54) is 0 Å². The van der Waals surface area contributed by atoms with Crippen LogP contribution in [0.5, 0.6) is 0 Å². The van der Waals surface area contributed by atoms with Crippen molar-refractivity contribution in [1.82, 2.24) is 5.32 Å². The first-order valence-corrected chi connectivity index (χ1v) is 7.83. The fourth-order valence-corrected chi connectivity index (χ4v) is 2.61. The number of amides is 2. The first kappa shape index (κ1) is 16.0. The zero-order valence-corrected chi connectivity index (χ0v) is 13.5. The van der Waals surface area contributed by atoms with E-state index in [-0.39, 0.29) is 6.54 Å². The third-order valence-corrected chi connectivity index (χ3v) is 4.01. The minimum absolute atomic E-state index is 0.196. The molecule has 5 heteroatoms. The quantitative estimate of drug-likeness (QED) is 0.715. The number of carbonyl (C=O) groups is 2. The number of fused-ring (bicyclic) bond motifs is 1. The Kier molecular flexibility index (Phi) is 4.77. The minimum Gasteiger partial charge on any atom is -0.344 e.